The Morgan fingerprint density at radius 3 is 1.31 bits per heavy atom. The fraction of sp³-hybridized carbons (Fsp3) is 0. The van der Waals surface area contributed by atoms with Crippen LogP contribution in [0.15, 0.2) is 49.1 Å². The number of carbonyl (C=O) groups is 2. The molecule has 0 radical (unpaired) electrons. The number of ketones is 2. The Bertz CT molecular complexity index is 460. The molecule has 2 heterocycles. The van der Waals surface area contributed by atoms with Gasteiger partial charge in [0.05, 0.1) is 0 Å². The molecule has 0 amide bonds. The van der Waals surface area contributed by atoms with E-state index in [1.165, 1.54) is 49.1 Å². The lowest BCUT2D eigenvalue weighted by molar-refractivity contribution is 0.0817. The molecule has 4 heteroatoms. The molecule has 78 valence electrons. The summed E-state index contributed by atoms with van der Waals surface area (Å²) in [6.45, 7) is 0. The largest absolute Gasteiger partial charge is 0.285 e. The highest BCUT2D eigenvalue weighted by Gasteiger charge is 2.17. The summed E-state index contributed by atoms with van der Waals surface area (Å²) < 4.78 is 0. The highest BCUT2D eigenvalue weighted by molar-refractivity contribution is 6.49. The van der Waals surface area contributed by atoms with Crippen LogP contribution in [0.5, 0.6) is 0 Å². The van der Waals surface area contributed by atoms with E-state index in [0.717, 1.165) is 0 Å². The number of hydrogen-bond acceptors (Lipinski definition) is 4. The molecule has 0 bridgehead atoms. The van der Waals surface area contributed by atoms with Crippen LogP contribution in [0.25, 0.3) is 0 Å². The van der Waals surface area contributed by atoms with Gasteiger partial charge >= 0.3 is 0 Å². The quantitative estimate of drug-likeness (QED) is 0.572. The number of aromatic nitrogens is 2. The van der Waals surface area contributed by atoms with Crippen molar-refractivity contribution in [3.8, 4) is 0 Å². The van der Waals surface area contributed by atoms with Crippen LogP contribution in [-0.2, 0) is 0 Å². The van der Waals surface area contributed by atoms with Crippen LogP contribution in [0.4, 0.5) is 0 Å². The van der Waals surface area contributed by atoms with E-state index in [9.17, 15) is 9.59 Å². The molecule has 0 saturated carbocycles. The van der Waals surface area contributed by atoms with Gasteiger partial charge in [0, 0.05) is 35.9 Å². The third kappa shape index (κ3) is 2.00. The number of pyridine rings is 2. The highest BCUT2D eigenvalue weighted by Crippen LogP contribution is 2.05. The molecule has 0 fully saturated rings. The molecule has 0 aliphatic carbocycles. The van der Waals surface area contributed by atoms with Crippen molar-refractivity contribution in [2.45, 2.75) is 0 Å². The van der Waals surface area contributed by atoms with E-state index in [0.29, 0.717) is 11.1 Å². The van der Waals surface area contributed by atoms with Crippen LogP contribution in [0.2, 0.25) is 0 Å². The molecule has 16 heavy (non-hydrogen) atoms. The number of carbonyl (C=O) groups excluding carboxylic acids is 2. The fourth-order valence-electron chi connectivity index (χ4n) is 1.27. The Labute approximate surface area is 92.0 Å². The predicted octanol–water partition coefficient (Wildman–Crippen LogP) is 1.54. The van der Waals surface area contributed by atoms with Crippen molar-refractivity contribution in [1.29, 1.82) is 0 Å². The fourth-order valence-corrected chi connectivity index (χ4v) is 1.27. The molecule has 0 aliphatic heterocycles. The van der Waals surface area contributed by atoms with Gasteiger partial charge < -0.3 is 0 Å². The number of nitrogens with zero attached hydrogens (tertiary/aromatic N) is 2. The van der Waals surface area contributed by atoms with Gasteiger partial charge in [-0.05, 0) is 24.3 Å². The standard InChI is InChI=1S/C12H8N2O2/c15-11(9-1-5-13-6-2-9)12(16)10-3-7-14-8-4-10/h1-8H. The van der Waals surface area contributed by atoms with Gasteiger partial charge in [-0.2, -0.15) is 0 Å². The predicted molar refractivity (Wildman–Crippen MR) is 57.1 cm³/mol. The van der Waals surface area contributed by atoms with Gasteiger partial charge in [-0.3, -0.25) is 19.6 Å². The average molecular weight is 212 g/mol. The molecule has 0 aliphatic rings. The van der Waals surface area contributed by atoms with Crippen molar-refractivity contribution in [2.75, 3.05) is 0 Å². The minimum Gasteiger partial charge on any atom is -0.285 e. The van der Waals surface area contributed by atoms with Crippen LogP contribution in [-0.4, -0.2) is 21.5 Å². The monoisotopic (exact) mass is 212 g/mol. The Hall–Kier alpha value is -2.36. The molecular weight excluding hydrogens is 204 g/mol. The number of Topliss-reactive ketones (excluding diaryl/α,β-unsaturated/α-hetero) is 2. The molecule has 0 spiro atoms. The van der Waals surface area contributed by atoms with Crippen molar-refractivity contribution in [2.24, 2.45) is 0 Å². The van der Waals surface area contributed by atoms with Crippen LogP contribution >= 0.6 is 0 Å². The first-order valence-electron chi connectivity index (χ1n) is 4.68. The van der Waals surface area contributed by atoms with E-state index in [-0.39, 0.29) is 0 Å². The third-order valence-electron chi connectivity index (χ3n) is 2.09. The first-order chi connectivity index (χ1) is 7.79. The smallest absolute Gasteiger partial charge is 0.233 e. The normalized spacial score (nSPS) is 9.75. The van der Waals surface area contributed by atoms with E-state index >= 15 is 0 Å². The molecule has 2 rings (SSSR count). The summed E-state index contributed by atoms with van der Waals surface area (Å²) in [5.41, 5.74) is 0.689. The summed E-state index contributed by atoms with van der Waals surface area (Å²) in [5.74, 6) is -1.07. The SMILES string of the molecule is O=C(C(=O)c1ccncc1)c1ccncc1. The molecular formula is C12H8N2O2. The van der Waals surface area contributed by atoms with Crippen molar-refractivity contribution >= 4 is 11.6 Å². The summed E-state index contributed by atoms with van der Waals surface area (Å²) in [6.07, 6.45) is 5.92. The molecule has 0 atom stereocenters. The van der Waals surface area contributed by atoms with Gasteiger partial charge in [-0.25, -0.2) is 0 Å². The number of hydrogen-bond donors (Lipinski definition) is 0. The van der Waals surface area contributed by atoms with Crippen LogP contribution < -0.4 is 0 Å². The lowest BCUT2D eigenvalue weighted by Gasteiger charge is -1.99. The van der Waals surface area contributed by atoms with Crippen molar-refractivity contribution in [3.05, 3.63) is 60.2 Å². The molecule has 0 aromatic carbocycles. The summed E-state index contributed by atoms with van der Waals surface area (Å²) in [7, 11) is 0. The van der Waals surface area contributed by atoms with E-state index in [4.69, 9.17) is 0 Å². The Balaban J connectivity index is 2.28. The molecule has 4 nitrogen and oxygen atoms in total. The second kappa shape index (κ2) is 4.44. The average Bonchev–Trinajstić information content (AvgIpc) is 2.39. The molecule has 0 saturated heterocycles. The zero-order valence-electron chi connectivity index (χ0n) is 8.33. The summed E-state index contributed by atoms with van der Waals surface area (Å²) >= 11 is 0. The summed E-state index contributed by atoms with van der Waals surface area (Å²) in [6, 6.07) is 6.06. The maximum atomic E-state index is 11.7. The van der Waals surface area contributed by atoms with Crippen LogP contribution in [0.1, 0.15) is 20.7 Å². The Morgan fingerprint density at radius 2 is 1.00 bits per heavy atom. The lowest BCUT2D eigenvalue weighted by Crippen LogP contribution is -2.14. The van der Waals surface area contributed by atoms with Gasteiger partial charge in [0.2, 0.25) is 11.6 Å². The van der Waals surface area contributed by atoms with Gasteiger partial charge in [-0.1, -0.05) is 0 Å². The Kier molecular flexibility index (Phi) is 2.82. The second-order valence-electron chi connectivity index (χ2n) is 3.13. The van der Waals surface area contributed by atoms with Gasteiger partial charge in [0.15, 0.2) is 0 Å². The third-order valence-corrected chi connectivity index (χ3v) is 2.09. The van der Waals surface area contributed by atoms with Crippen molar-refractivity contribution in [1.82, 2.24) is 9.97 Å². The lowest BCUT2D eigenvalue weighted by atomic mass is 10.0. The second-order valence-corrected chi connectivity index (χ2v) is 3.13. The van der Waals surface area contributed by atoms with E-state index in [1.807, 2.05) is 0 Å². The van der Waals surface area contributed by atoms with Gasteiger partial charge in [-0.15, -0.1) is 0 Å². The van der Waals surface area contributed by atoms with Crippen LogP contribution in [0.3, 0.4) is 0 Å². The van der Waals surface area contributed by atoms with E-state index < -0.39 is 11.6 Å². The highest BCUT2D eigenvalue weighted by atomic mass is 16.2. The summed E-state index contributed by atoms with van der Waals surface area (Å²) in [4.78, 5) is 31.1. The van der Waals surface area contributed by atoms with Gasteiger partial charge in [0.1, 0.15) is 0 Å². The topological polar surface area (TPSA) is 59.9 Å². The molecule has 0 N–H and O–H groups in total. The van der Waals surface area contributed by atoms with Crippen molar-refractivity contribution < 1.29 is 9.59 Å². The van der Waals surface area contributed by atoms with Gasteiger partial charge in [0.25, 0.3) is 0 Å². The first-order valence-corrected chi connectivity index (χ1v) is 4.68. The minimum absolute atomic E-state index is 0.344. The molecule has 2 aromatic rings. The molecule has 0 unspecified atom stereocenters. The minimum atomic E-state index is -0.534. The zero-order chi connectivity index (χ0) is 11.4. The number of rotatable bonds is 3. The molecule has 2 aromatic heterocycles. The zero-order valence-corrected chi connectivity index (χ0v) is 8.33. The maximum absolute atomic E-state index is 11.7. The first kappa shape index (κ1) is 10.2. The summed E-state index contributed by atoms with van der Waals surface area (Å²) in [5, 5.41) is 0. The van der Waals surface area contributed by atoms with E-state index in [2.05, 4.69) is 9.97 Å². The van der Waals surface area contributed by atoms with E-state index in [1.54, 1.807) is 0 Å². The van der Waals surface area contributed by atoms with Crippen molar-refractivity contribution in [3.63, 3.8) is 0 Å². The van der Waals surface area contributed by atoms with Crippen LogP contribution in [0, 0.1) is 0 Å². The Morgan fingerprint density at radius 1 is 0.688 bits per heavy atom. The maximum Gasteiger partial charge on any atom is 0.233 e.